The Balaban J connectivity index is 1.82. The number of amides is 1. The number of ether oxygens (including phenoxy) is 1. The molecule has 2 aliphatic heterocycles. The van der Waals surface area contributed by atoms with Crippen molar-refractivity contribution in [3.63, 3.8) is 0 Å². The molecule has 0 bridgehead atoms. The standard InChI is InChI=1S/C13H13N3O2S/c17-12-11(8-10-2-1-3-14-9-10)19-13(15-12)16-4-6-18-7-5-16/h1-3,8-9H,4-7H2/p+1. The number of nitrogens with one attached hydrogen (secondary N) is 1. The molecule has 6 heteroatoms. The second-order valence-electron chi connectivity index (χ2n) is 4.26. The number of carbonyl (C=O) groups excluding carboxylic acids is 1. The molecule has 1 aromatic heterocycles. The molecular weight excluding hydrogens is 262 g/mol. The molecule has 1 aromatic rings. The van der Waals surface area contributed by atoms with Crippen molar-refractivity contribution in [1.82, 2.24) is 10.3 Å². The third kappa shape index (κ3) is 2.85. The molecular formula is C13H14N3O2S+. The SMILES string of the molecule is O=C1NC(=[N+]2CCOCC2)SC1=Cc1cccnc1. The fourth-order valence-electron chi connectivity index (χ4n) is 1.95. The summed E-state index contributed by atoms with van der Waals surface area (Å²) >= 11 is 1.48. The highest BCUT2D eigenvalue weighted by Gasteiger charge is 2.33. The Bertz CT molecular complexity index is 546. The Morgan fingerprint density at radius 2 is 2.26 bits per heavy atom. The molecule has 0 aliphatic carbocycles. The summed E-state index contributed by atoms with van der Waals surface area (Å²) in [5.41, 5.74) is 0.934. The van der Waals surface area contributed by atoms with Crippen LogP contribution in [0.5, 0.6) is 0 Å². The molecule has 1 N–H and O–H groups in total. The number of hydrogen-bond acceptors (Lipinski definition) is 4. The van der Waals surface area contributed by atoms with E-state index in [0.717, 1.165) is 23.8 Å². The number of rotatable bonds is 1. The Labute approximate surface area is 115 Å². The Morgan fingerprint density at radius 3 is 3.00 bits per heavy atom. The van der Waals surface area contributed by atoms with Gasteiger partial charge in [-0.1, -0.05) is 6.07 Å². The van der Waals surface area contributed by atoms with Crippen LogP contribution in [0.25, 0.3) is 6.08 Å². The summed E-state index contributed by atoms with van der Waals surface area (Å²) in [7, 11) is 0. The van der Waals surface area contributed by atoms with Crippen LogP contribution >= 0.6 is 11.8 Å². The largest absolute Gasteiger partial charge is 0.373 e. The zero-order valence-electron chi connectivity index (χ0n) is 10.3. The predicted octanol–water partition coefficient (Wildman–Crippen LogP) is 0.684. The molecule has 2 fully saturated rings. The van der Waals surface area contributed by atoms with Crippen molar-refractivity contribution in [2.45, 2.75) is 0 Å². The van der Waals surface area contributed by atoms with Crippen molar-refractivity contribution in [2.24, 2.45) is 0 Å². The highest BCUT2D eigenvalue weighted by atomic mass is 32.2. The summed E-state index contributed by atoms with van der Waals surface area (Å²) in [5.74, 6) is -0.0460. The van der Waals surface area contributed by atoms with Crippen molar-refractivity contribution in [3.05, 3.63) is 35.0 Å². The molecule has 2 aliphatic rings. The molecule has 1 amide bonds. The lowest BCUT2D eigenvalue weighted by Crippen LogP contribution is -2.37. The summed E-state index contributed by atoms with van der Waals surface area (Å²) in [4.78, 5) is 16.7. The van der Waals surface area contributed by atoms with Crippen LogP contribution in [0.3, 0.4) is 0 Å². The van der Waals surface area contributed by atoms with Gasteiger partial charge in [0.1, 0.15) is 18.0 Å². The van der Waals surface area contributed by atoms with E-state index in [9.17, 15) is 4.79 Å². The summed E-state index contributed by atoms with van der Waals surface area (Å²) in [6, 6.07) is 3.79. The minimum atomic E-state index is -0.0460. The minimum absolute atomic E-state index is 0.0460. The van der Waals surface area contributed by atoms with Gasteiger partial charge < -0.3 is 4.74 Å². The topological polar surface area (TPSA) is 54.2 Å². The first-order valence-corrected chi connectivity index (χ1v) is 6.95. The quantitative estimate of drug-likeness (QED) is 0.605. The van der Waals surface area contributed by atoms with Gasteiger partial charge in [0, 0.05) is 24.2 Å². The Morgan fingerprint density at radius 1 is 1.42 bits per heavy atom. The number of nitrogens with zero attached hydrogens (tertiary/aromatic N) is 2. The van der Waals surface area contributed by atoms with E-state index in [1.165, 1.54) is 11.8 Å². The van der Waals surface area contributed by atoms with Crippen molar-refractivity contribution < 1.29 is 14.1 Å². The molecule has 2 saturated heterocycles. The number of pyridine rings is 1. The van der Waals surface area contributed by atoms with E-state index >= 15 is 0 Å². The highest BCUT2D eigenvalue weighted by Crippen LogP contribution is 2.25. The summed E-state index contributed by atoms with van der Waals surface area (Å²) in [6.45, 7) is 3.06. The minimum Gasteiger partial charge on any atom is -0.373 e. The monoisotopic (exact) mass is 276 g/mol. The lowest BCUT2D eigenvalue weighted by atomic mass is 10.2. The smallest absolute Gasteiger partial charge is 0.346 e. The molecule has 19 heavy (non-hydrogen) atoms. The van der Waals surface area contributed by atoms with Gasteiger partial charge in [-0.25, -0.2) is 4.79 Å². The fraction of sp³-hybridized carbons (Fsp3) is 0.308. The molecule has 3 rings (SSSR count). The maximum atomic E-state index is 11.9. The zero-order chi connectivity index (χ0) is 13.1. The molecule has 0 atom stereocenters. The Hall–Kier alpha value is -1.66. The van der Waals surface area contributed by atoms with Gasteiger partial charge in [-0.3, -0.25) is 9.56 Å². The van der Waals surface area contributed by atoms with Gasteiger partial charge in [-0.2, -0.15) is 5.32 Å². The number of amidine groups is 1. The molecule has 0 unspecified atom stereocenters. The summed E-state index contributed by atoms with van der Waals surface area (Å²) in [5, 5.41) is 3.82. The summed E-state index contributed by atoms with van der Waals surface area (Å²) in [6.07, 6.45) is 5.32. The predicted molar refractivity (Wildman–Crippen MR) is 73.8 cm³/mol. The molecule has 98 valence electrons. The molecule has 0 spiro atoms. The first-order valence-electron chi connectivity index (χ1n) is 6.13. The van der Waals surface area contributed by atoms with Gasteiger partial charge in [0.05, 0.1) is 13.2 Å². The van der Waals surface area contributed by atoms with E-state index in [1.54, 1.807) is 12.4 Å². The van der Waals surface area contributed by atoms with E-state index in [1.807, 2.05) is 18.2 Å². The van der Waals surface area contributed by atoms with Gasteiger partial charge in [0.2, 0.25) is 0 Å². The second-order valence-corrected chi connectivity index (χ2v) is 5.29. The third-order valence-corrected chi connectivity index (χ3v) is 4.01. The third-order valence-electron chi connectivity index (χ3n) is 2.93. The van der Waals surface area contributed by atoms with E-state index in [4.69, 9.17) is 4.74 Å². The van der Waals surface area contributed by atoms with Crippen molar-refractivity contribution in [3.8, 4) is 0 Å². The fourth-order valence-corrected chi connectivity index (χ4v) is 2.95. The van der Waals surface area contributed by atoms with Gasteiger partial charge in [0.15, 0.2) is 0 Å². The van der Waals surface area contributed by atoms with Crippen LogP contribution in [0.2, 0.25) is 0 Å². The first kappa shape index (κ1) is 12.4. The van der Waals surface area contributed by atoms with Gasteiger partial charge in [-0.15, -0.1) is 0 Å². The number of carbonyl (C=O) groups is 1. The van der Waals surface area contributed by atoms with Crippen LogP contribution in [0, 0.1) is 0 Å². The molecule has 0 saturated carbocycles. The molecule has 0 aromatic carbocycles. The zero-order valence-corrected chi connectivity index (χ0v) is 11.2. The molecule has 5 nitrogen and oxygen atoms in total. The van der Waals surface area contributed by atoms with E-state index in [-0.39, 0.29) is 5.91 Å². The average molecular weight is 276 g/mol. The second kappa shape index (κ2) is 5.54. The van der Waals surface area contributed by atoms with Crippen LogP contribution < -0.4 is 5.32 Å². The lowest BCUT2D eigenvalue weighted by molar-refractivity contribution is -0.548. The van der Waals surface area contributed by atoms with Crippen molar-refractivity contribution in [1.29, 1.82) is 0 Å². The van der Waals surface area contributed by atoms with Crippen LogP contribution in [0.4, 0.5) is 0 Å². The normalized spacial score (nSPS) is 21.9. The molecule has 3 heterocycles. The number of thioether (sulfide) groups is 1. The Kier molecular flexibility index (Phi) is 3.61. The maximum absolute atomic E-state index is 11.9. The van der Waals surface area contributed by atoms with Gasteiger partial charge in [0.25, 0.3) is 0 Å². The average Bonchev–Trinajstić information content (AvgIpc) is 2.82. The van der Waals surface area contributed by atoms with Crippen LogP contribution in [0.1, 0.15) is 5.56 Å². The van der Waals surface area contributed by atoms with Gasteiger partial charge in [-0.05, 0) is 17.7 Å². The number of hydrogen-bond donors (Lipinski definition) is 1. The van der Waals surface area contributed by atoms with Gasteiger partial charge >= 0.3 is 11.1 Å². The van der Waals surface area contributed by atoms with E-state index in [2.05, 4.69) is 14.9 Å². The van der Waals surface area contributed by atoms with E-state index < -0.39 is 0 Å². The number of morpholine rings is 1. The highest BCUT2D eigenvalue weighted by molar-refractivity contribution is 8.18. The van der Waals surface area contributed by atoms with Crippen LogP contribution in [-0.4, -0.2) is 46.9 Å². The van der Waals surface area contributed by atoms with Crippen LogP contribution in [0.15, 0.2) is 29.4 Å². The lowest BCUT2D eigenvalue weighted by Gasteiger charge is -2.14. The maximum Gasteiger partial charge on any atom is 0.346 e. The first-order chi connectivity index (χ1) is 9.33. The van der Waals surface area contributed by atoms with E-state index in [0.29, 0.717) is 18.1 Å². The summed E-state index contributed by atoms with van der Waals surface area (Å²) < 4.78 is 7.46. The van der Waals surface area contributed by atoms with Crippen LogP contribution in [-0.2, 0) is 9.53 Å². The van der Waals surface area contributed by atoms with Crippen molar-refractivity contribution in [2.75, 3.05) is 26.3 Å². The molecule has 0 radical (unpaired) electrons. The number of aromatic nitrogens is 1. The van der Waals surface area contributed by atoms with Crippen molar-refractivity contribution >= 4 is 28.9 Å².